The number of hydrogen-bond acceptors (Lipinski definition) is 4. The molecule has 31 heavy (non-hydrogen) atoms. The quantitative estimate of drug-likeness (QED) is 0.522. The summed E-state index contributed by atoms with van der Waals surface area (Å²) in [6.45, 7) is 0.206. The lowest BCUT2D eigenvalue weighted by atomic mass is 9.98. The Hall–Kier alpha value is -2.90. The molecule has 3 aliphatic rings. The van der Waals surface area contributed by atoms with Crippen LogP contribution in [0.1, 0.15) is 56.9 Å². The lowest BCUT2D eigenvalue weighted by molar-refractivity contribution is -0.131. The third kappa shape index (κ3) is 5.06. The van der Waals surface area contributed by atoms with Crippen molar-refractivity contribution in [3.63, 3.8) is 0 Å². The minimum absolute atomic E-state index is 0.145. The van der Waals surface area contributed by atoms with Crippen LogP contribution in [0.4, 0.5) is 4.79 Å². The number of nitrogens with zero attached hydrogens (tertiary/aromatic N) is 1. The van der Waals surface area contributed by atoms with E-state index in [0.717, 1.165) is 31.2 Å². The van der Waals surface area contributed by atoms with E-state index in [4.69, 9.17) is 0 Å². The van der Waals surface area contributed by atoms with E-state index in [0.29, 0.717) is 25.7 Å². The van der Waals surface area contributed by atoms with Crippen LogP contribution < -0.4 is 16.0 Å². The predicted molar refractivity (Wildman–Crippen MR) is 114 cm³/mol. The van der Waals surface area contributed by atoms with Crippen molar-refractivity contribution in [1.29, 1.82) is 0 Å². The SMILES string of the molecule is O=C(CCCN1C(=O)NC2(CCCC2)C1=O)NC(Cc1ccccc1)C(=O)NC1CC1. The number of urea groups is 1. The third-order valence-corrected chi connectivity index (χ3v) is 6.35. The molecule has 8 nitrogen and oxygen atoms in total. The normalized spacial score (nSPS) is 20.6. The van der Waals surface area contributed by atoms with Gasteiger partial charge in [-0.3, -0.25) is 19.3 Å². The van der Waals surface area contributed by atoms with E-state index < -0.39 is 11.6 Å². The first kappa shape index (κ1) is 21.3. The van der Waals surface area contributed by atoms with Crippen molar-refractivity contribution in [3.8, 4) is 0 Å². The van der Waals surface area contributed by atoms with Gasteiger partial charge < -0.3 is 16.0 Å². The Morgan fingerprint density at radius 3 is 2.52 bits per heavy atom. The molecule has 166 valence electrons. The van der Waals surface area contributed by atoms with Crippen LogP contribution in [0.3, 0.4) is 0 Å². The van der Waals surface area contributed by atoms with Crippen molar-refractivity contribution in [3.05, 3.63) is 35.9 Å². The van der Waals surface area contributed by atoms with Crippen LogP contribution in [0.25, 0.3) is 0 Å². The molecular formula is C23H30N4O4. The summed E-state index contributed by atoms with van der Waals surface area (Å²) in [5, 5.41) is 8.65. The Morgan fingerprint density at radius 1 is 1.13 bits per heavy atom. The number of imide groups is 1. The molecular weight excluding hydrogens is 396 g/mol. The molecule has 3 N–H and O–H groups in total. The molecule has 8 heteroatoms. The maximum absolute atomic E-state index is 12.7. The highest BCUT2D eigenvalue weighted by Crippen LogP contribution is 2.35. The Kier molecular flexibility index (Phi) is 6.25. The van der Waals surface area contributed by atoms with Gasteiger partial charge in [-0.05, 0) is 37.7 Å². The Morgan fingerprint density at radius 2 is 1.84 bits per heavy atom. The monoisotopic (exact) mass is 426 g/mol. The van der Waals surface area contributed by atoms with Crippen LogP contribution in [0, 0.1) is 0 Å². The fraction of sp³-hybridized carbons (Fsp3) is 0.565. The van der Waals surface area contributed by atoms with E-state index in [1.54, 1.807) is 0 Å². The second-order valence-corrected chi connectivity index (χ2v) is 8.87. The molecule has 2 saturated carbocycles. The van der Waals surface area contributed by atoms with Gasteiger partial charge in [-0.25, -0.2) is 4.79 Å². The van der Waals surface area contributed by atoms with Gasteiger partial charge in [-0.15, -0.1) is 0 Å². The summed E-state index contributed by atoms with van der Waals surface area (Å²) in [5.41, 5.74) is 0.251. The van der Waals surface area contributed by atoms with Crippen LogP contribution in [0.15, 0.2) is 30.3 Å². The van der Waals surface area contributed by atoms with E-state index in [2.05, 4.69) is 16.0 Å². The highest BCUT2D eigenvalue weighted by molar-refractivity contribution is 6.07. The van der Waals surface area contributed by atoms with Crippen LogP contribution in [0.5, 0.6) is 0 Å². The zero-order valence-corrected chi connectivity index (χ0v) is 17.7. The number of hydrogen-bond donors (Lipinski definition) is 3. The Labute approximate surface area is 182 Å². The summed E-state index contributed by atoms with van der Waals surface area (Å²) < 4.78 is 0. The van der Waals surface area contributed by atoms with Crippen molar-refractivity contribution in [2.75, 3.05) is 6.54 Å². The van der Waals surface area contributed by atoms with Crippen LogP contribution >= 0.6 is 0 Å². The molecule has 0 aromatic heterocycles. The smallest absolute Gasteiger partial charge is 0.325 e. The van der Waals surface area contributed by atoms with E-state index in [-0.39, 0.29) is 42.8 Å². The fourth-order valence-electron chi connectivity index (χ4n) is 4.45. The second kappa shape index (κ2) is 9.08. The maximum atomic E-state index is 12.7. The number of nitrogens with one attached hydrogen (secondary N) is 3. The van der Waals surface area contributed by atoms with Crippen LogP contribution in [-0.4, -0.2) is 52.8 Å². The molecule has 1 aromatic carbocycles. The van der Waals surface area contributed by atoms with Gasteiger partial charge in [0, 0.05) is 25.4 Å². The average molecular weight is 427 g/mol. The third-order valence-electron chi connectivity index (χ3n) is 6.35. The molecule has 1 unspecified atom stereocenters. The summed E-state index contributed by atoms with van der Waals surface area (Å²) in [5.74, 6) is -0.590. The minimum Gasteiger partial charge on any atom is -0.352 e. The van der Waals surface area contributed by atoms with Gasteiger partial charge in [0.15, 0.2) is 0 Å². The largest absolute Gasteiger partial charge is 0.352 e. The predicted octanol–water partition coefficient (Wildman–Crippen LogP) is 1.64. The van der Waals surface area contributed by atoms with Crippen molar-refractivity contribution >= 4 is 23.8 Å². The summed E-state index contributed by atoms with van der Waals surface area (Å²) in [4.78, 5) is 51.3. The van der Waals surface area contributed by atoms with E-state index in [9.17, 15) is 19.2 Å². The first-order valence-electron chi connectivity index (χ1n) is 11.2. The number of carbonyl (C=O) groups excluding carboxylic acids is 4. The second-order valence-electron chi connectivity index (χ2n) is 8.87. The van der Waals surface area contributed by atoms with E-state index >= 15 is 0 Å². The van der Waals surface area contributed by atoms with Gasteiger partial charge in [0.05, 0.1) is 0 Å². The zero-order chi connectivity index (χ0) is 21.8. The molecule has 1 spiro atoms. The standard InChI is InChI=1S/C23H30N4O4/c28-19(9-6-14-27-21(30)23(26-22(27)31)12-4-5-13-23)25-18(20(29)24-17-10-11-17)15-16-7-2-1-3-8-16/h1-3,7-8,17-18H,4-6,9-15H2,(H,24,29)(H,25,28)(H,26,31). The van der Waals surface area contributed by atoms with Crippen LogP contribution in [-0.2, 0) is 20.8 Å². The molecule has 1 heterocycles. The summed E-state index contributed by atoms with van der Waals surface area (Å²) in [6, 6.07) is 8.79. The van der Waals surface area contributed by atoms with Crippen molar-refractivity contribution in [1.82, 2.24) is 20.9 Å². The summed E-state index contributed by atoms with van der Waals surface area (Å²) >= 11 is 0. The molecule has 0 radical (unpaired) electrons. The highest BCUT2D eigenvalue weighted by Gasteiger charge is 2.52. The van der Waals surface area contributed by atoms with E-state index in [1.807, 2.05) is 30.3 Å². The first-order valence-corrected chi connectivity index (χ1v) is 11.2. The molecule has 1 aromatic rings. The van der Waals surface area contributed by atoms with Gasteiger partial charge in [0.1, 0.15) is 11.6 Å². The summed E-state index contributed by atoms with van der Waals surface area (Å²) in [7, 11) is 0. The molecule has 0 bridgehead atoms. The highest BCUT2D eigenvalue weighted by atomic mass is 16.2. The van der Waals surface area contributed by atoms with Gasteiger partial charge in [0.2, 0.25) is 11.8 Å². The zero-order valence-electron chi connectivity index (χ0n) is 17.7. The lowest BCUT2D eigenvalue weighted by Crippen LogP contribution is -2.48. The minimum atomic E-state index is -0.721. The van der Waals surface area contributed by atoms with E-state index in [1.165, 1.54) is 4.90 Å². The number of carbonyl (C=O) groups is 4. The molecule has 3 fully saturated rings. The summed E-state index contributed by atoms with van der Waals surface area (Å²) in [6.07, 6.45) is 6.13. The molecule has 1 aliphatic heterocycles. The Bertz CT molecular complexity index is 846. The van der Waals surface area contributed by atoms with Gasteiger partial charge in [-0.2, -0.15) is 0 Å². The lowest BCUT2D eigenvalue weighted by Gasteiger charge is -2.20. The molecule has 2 aliphatic carbocycles. The molecule has 1 saturated heterocycles. The fourth-order valence-corrected chi connectivity index (χ4v) is 4.45. The Balaban J connectivity index is 1.28. The molecule has 4 rings (SSSR count). The van der Waals surface area contributed by atoms with Gasteiger partial charge in [0.25, 0.3) is 5.91 Å². The van der Waals surface area contributed by atoms with Crippen molar-refractivity contribution in [2.45, 2.75) is 75.4 Å². The van der Waals surface area contributed by atoms with Crippen molar-refractivity contribution < 1.29 is 19.2 Å². The van der Waals surface area contributed by atoms with Crippen molar-refractivity contribution in [2.24, 2.45) is 0 Å². The van der Waals surface area contributed by atoms with Gasteiger partial charge in [-0.1, -0.05) is 43.2 Å². The average Bonchev–Trinajstić information content (AvgIpc) is 3.39. The number of benzene rings is 1. The molecule has 1 atom stereocenters. The van der Waals surface area contributed by atoms with Crippen LogP contribution in [0.2, 0.25) is 0 Å². The maximum Gasteiger partial charge on any atom is 0.325 e. The number of rotatable bonds is 9. The first-order chi connectivity index (χ1) is 15.0. The van der Waals surface area contributed by atoms with Gasteiger partial charge >= 0.3 is 6.03 Å². The molecule has 5 amide bonds. The topological polar surface area (TPSA) is 108 Å². The number of amides is 5.